The van der Waals surface area contributed by atoms with Gasteiger partial charge in [0.2, 0.25) is 11.7 Å². The molecule has 37 heavy (non-hydrogen) atoms. The first-order valence-corrected chi connectivity index (χ1v) is 12.8. The fourth-order valence-electron chi connectivity index (χ4n) is 4.93. The Balaban J connectivity index is 1.75. The largest absolute Gasteiger partial charge is 0.508 e. The van der Waals surface area contributed by atoms with Crippen LogP contribution in [-0.2, 0) is 23.9 Å². The third kappa shape index (κ3) is 5.72. The summed E-state index contributed by atoms with van der Waals surface area (Å²) >= 11 is 0. The zero-order chi connectivity index (χ0) is 26.9. The average molecular weight is 514 g/mol. The maximum Gasteiger partial charge on any atom is 0.333 e. The number of amides is 1. The van der Waals surface area contributed by atoms with Gasteiger partial charge in [0.15, 0.2) is 5.75 Å². The molecule has 3 aliphatic heterocycles. The number of benzene rings is 1. The summed E-state index contributed by atoms with van der Waals surface area (Å²) in [4.78, 5) is 38.2. The van der Waals surface area contributed by atoms with Crippen molar-refractivity contribution < 1.29 is 38.8 Å². The van der Waals surface area contributed by atoms with E-state index in [1.165, 1.54) is 25.1 Å². The number of fused-ring (bicyclic) bond motifs is 2. The van der Waals surface area contributed by atoms with Gasteiger partial charge in [0.25, 0.3) is 0 Å². The molecule has 0 saturated carbocycles. The molecule has 9 heteroatoms. The second-order valence-electron chi connectivity index (χ2n) is 10.2. The molecule has 6 atom stereocenters. The number of aromatic hydroxyl groups is 1. The summed E-state index contributed by atoms with van der Waals surface area (Å²) in [5.41, 5.74) is 1.01. The second-order valence-corrected chi connectivity index (χ2v) is 10.2. The summed E-state index contributed by atoms with van der Waals surface area (Å²) in [6, 6.07) is 2.91. The summed E-state index contributed by atoms with van der Waals surface area (Å²) in [5, 5.41) is 23.7. The van der Waals surface area contributed by atoms with Crippen LogP contribution in [-0.4, -0.2) is 45.9 Å². The molecule has 3 bridgehead atoms. The number of Topliss-reactive ketones (excluding diaryl/α,β-unsaturated/α-hetero) is 1. The van der Waals surface area contributed by atoms with Crippen molar-refractivity contribution in [3.05, 3.63) is 41.5 Å². The number of cyclic esters (lactones) is 1. The van der Waals surface area contributed by atoms with Crippen LogP contribution in [0.2, 0.25) is 0 Å². The van der Waals surface area contributed by atoms with Crippen LogP contribution in [0.1, 0.15) is 71.5 Å². The van der Waals surface area contributed by atoms with Crippen LogP contribution >= 0.6 is 0 Å². The summed E-state index contributed by atoms with van der Waals surface area (Å²) in [6.07, 6.45) is 4.26. The standard InChI is InChI=1S/C28H35NO8/c1-5-18-7-8-22(31)17(4)35-27(34)15(2)6-9-24(33)29-21-13-19(30)12-20-25-16(3)23(32)14-28(36-25,11-10-18)37-26(20)21/h6-8,12-13,16-18,22,25,30-31H,5,9-11,14H2,1-4H3,(H,29,33)/b8-7+,15-6-/t16-,17+,18-,22-,25+,28-/m0/s1. The molecule has 0 radical (unpaired) electrons. The van der Waals surface area contributed by atoms with Gasteiger partial charge in [0.1, 0.15) is 29.8 Å². The Labute approximate surface area is 216 Å². The molecule has 0 unspecified atom stereocenters. The average Bonchev–Trinajstić information content (AvgIpc) is 2.85. The number of esters is 1. The zero-order valence-corrected chi connectivity index (χ0v) is 21.7. The summed E-state index contributed by atoms with van der Waals surface area (Å²) in [5.74, 6) is -2.38. The fourth-order valence-corrected chi connectivity index (χ4v) is 4.93. The number of anilines is 1. The molecule has 3 aliphatic rings. The third-order valence-corrected chi connectivity index (χ3v) is 7.41. The van der Waals surface area contributed by atoms with Gasteiger partial charge >= 0.3 is 5.97 Å². The number of ether oxygens (including phenoxy) is 3. The molecule has 200 valence electrons. The molecule has 1 spiro atoms. The quantitative estimate of drug-likeness (QED) is 0.378. The van der Waals surface area contributed by atoms with E-state index in [0.29, 0.717) is 24.2 Å². The van der Waals surface area contributed by atoms with Crippen molar-refractivity contribution in [1.82, 2.24) is 0 Å². The van der Waals surface area contributed by atoms with Crippen LogP contribution in [0.3, 0.4) is 0 Å². The van der Waals surface area contributed by atoms with E-state index in [9.17, 15) is 24.6 Å². The van der Waals surface area contributed by atoms with Crippen molar-refractivity contribution >= 4 is 23.3 Å². The Kier molecular flexibility index (Phi) is 7.75. The molecule has 1 amide bonds. The Bertz CT molecular complexity index is 1140. The maximum atomic E-state index is 13.0. The van der Waals surface area contributed by atoms with Crippen molar-refractivity contribution in [2.45, 2.75) is 83.9 Å². The van der Waals surface area contributed by atoms with E-state index in [0.717, 1.165) is 6.42 Å². The van der Waals surface area contributed by atoms with Gasteiger partial charge in [-0.1, -0.05) is 32.1 Å². The SMILES string of the molecule is CC[C@H]1/C=C/[C@H](O)[C@@H](C)OC(=O)/C(C)=C\CC(=O)Nc2cc(O)cc3c2O[C@@]2(CC1)CC(=O)[C@H](C)[C@H]3O2. The van der Waals surface area contributed by atoms with Gasteiger partial charge < -0.3 is 29.7 Å². The molecule has 4 rings (SSSR count). The number of hydrogen-bond donors (Lipinski definition) is 3. The van der Waals surface area contributed by atoms with Gasteiger partial charge in [0.05, 0.1) is 12.1 Å². The van der Waals surface area contributed by atoms with Crippen molar-refractivity contribution in [2.75, 3.05) is 5.32 Å². The van der Waals surface area contributed by atoms with Crippen LogP contribution < -0.4 is 10.1 Å². The highest BCUT2D eigenvalue weighted by molar-refractivity contribution is 5.95. The smallest absolute Gasteiger partial charge is 0.333 e. The Morgan fingerprint density at radius 3 is 2.65 bits per heavy atom. The first-order valence-electron chi connectivity index (χ1n) is 12.8. The van der Waals surface area contributed by atoms with E-state index in [1.807, 2.05) is 13.0 Å². The number of rotatable bonds is 1. The van der Waals surface area contributed by atoms with E-state index in [4.69, 9.17) is 14.2 Å². The Hall–Kier alpha value is -3.17. The number of hydrogen-bond acceptors (Lipinski definition) is 8. The molecule has 3 heterocycles. The number of nitrogens with one attached hydrogen (secondary N) is 1. The number of carbonyl (C=O) groups is 3. The maximum absolute atomic E-state index is 13.0. The van der Waals surface area contributed by atoms with Crippen molar-refractivity contribution in [2.24, 2.45) is 11.8 Å². The van der Waals surface area contributed by atoms with Gasteiger partial charge in [-0.05, 0) is 38.7 Å². The van der Waals surface area contributed by atoms with Crippen LogP contribution in [0.25, 0.3) is 0 Å². The third-order valence-electron chi connectivity index (χ3n) is 7.41. The molecule has 1 fully saturated rings. The Morgan fingerprint density at radius 1 is 1.16 bits per heavy atom. The van der Waals surface area contributed by atoms with Crippen LogP contribution in [0.4, 0.5) is 5.69 Å². The van der Waals surface area contributed by atoms with Crippen LogP contribution in [0.5, 0.6) is 11.5 Å². The predicted molar refractivity (Wildman–Crippen MR) is 135 cm³/mol. The normalized spacial score (nSPS) is 35.1. The molecule has 1 aromatic rings. The molecule has 0 aromatic heterocycles. The first-order chi connectivity index (χ1) is 17.5. The van der Waals surface area contributed by atoms with E-state index >= 15 is 0 Å². The number of phenols is 1. The van der Waals surface area contributed by atoms with E-state index in [1.54, 1.807) is 19.9 Å². The number of carbonyl (C=O) groups excluding carboxylic acids is 3. The lowest BCUT2D eigenvalue weighted by Gasteiger charge is -2.48. The van der Waals surface area contributed by atoms with Crippen molar-refractivity contribution in [3.63, 3.8) is 0 Å². The lowest BCUT2D eigenvalue weighted by molar-refractivity contribution is -0.261. The summed E-state index contributed by atoms with van der Waals surface area (Å²) < 4.78 is 18.1. The monoisotopic (exact) mass is 513 g/mol. The zero-order valence-electron chi connectivity index (χ0n) is 21.7. The van der Waals surface area contributed by atoms with Gasteiger partial charge in [-0.3, -0.25) is 9.59 Å². The molecule has 0 aliphatic carbocycles. The molecule has 9 nitrogen and oxygen atoms in total. The lowest BCUT2D eigenvalue weighted by atomic mass is 9.82. The number of aliphatic hydroxyl groups excluding tert-OH is 1. The summed E-state index contributed by atoms with van der Waals surface area (Å²) in [7, 11) is 0. The molecular weight excluding hydrogens is 478 g/mol. The minimum absolute atomic E-state index is 0.00763. The lowest BCUT2D eigenvalue weighted by Crippen LogP contribution is -2.52. The van der Waals surface area contributed by atoms with Gasteiger partial charge in [-0.25, -0.2) is 4.79 Å². The molecule has 1 aromatic carbocycles. The number of ketones is 1. The molecule has 3 N–H and O–H groups in total. The molecule has 1 saturated heterocycles. The van der Waals surface area contributed by atoms with Gasteiger partial charge in [-0.15, -0.1) is 0 Å². The number of phenolic OH excluding ortho intramolecular Hbond substituents is 1. The minimum Gasteiger partial charge on any atom is -0.508 e. The topological polar surface area (TPSA) is 131 Å². The number of aliphatic hydroxyl groups is 1. The van der Waals surface area contributed by atoms with Crippen molar-refractivity contribution in [1.29, 1.82) is 0 Å². The van der Waals surface area contributed by atoms with Gasteiger partial charge in [-0.2, -0.15) is 0 Å². The summed E-state index contributed by atoms with van der Waals surface area (Å²) in [6.45, 7) is 6.95. The van der Waals surface area contributed by atoms with E-state index in [-0.39, 0.29) is 41.6 Å². The highest BCUT2D eigenvalue weighted by Gasteiger charge is 2.52. The van der Waals surface area contributed by atoms with Crippen molar-refractivity contribution in [3.8, 4) is 11.5 Å². The predicted octanol–water partition coefficient (Wildman–Crippen LogP) is 4.09. The highest BCUT2D eigenvalue weighted by atomic mass is 16.7. The van der Waals surface area contributed by atoms with Crippen LogP contribution in [0, 0.1) is 11.8 Å². The number of allylic oxidation sites excluding steroid dienone is 1. The Morgan fingerprint density at radius 2 is 1.92 bits per heavy atom. The molecular formula is C28H35NO8. The fraction of sp³-hybridized carbons (Fsp3) is 0.536. The minimum atomic E-state index is -1.21. The van der Waals surface area contributed by atoms with E-state index in [2.05, 4.69) is 5.32 Å². The highest BCUT2D eigenvalue weighted by Crippen LogP contribution is 2.53. The van der Waals surface area contributed by atoms with Crippen LogP contribution in [0.15, 0.2) is 35.9 Å². The van der Waals surface area contributed by atoms with E-state index < -0.39 is 41.9 Å². The second kappa shape index (κ2) is 10.7. The first kappa shape index (κ1) is 26.9. The van der Waals surface area contributed by atoms with Gasteiger partial charge in [0, 0.05) is 36.0 Å².